The molecular formula is C15H20O4. The Balaban J connectivity index is 2.63. The average molecular weight is 264 g/mol. The molecule has 104 valence electrons. The Bertz CT molecular complexity index is 416. The first kappa shape index (κ1) is 15.1. The van der Waals surface area contributed by atoms with Gasteiger partial charge in [0.1, 0.15) is 11.5 Å². The predicted octanol–water partition coefficient (Wildman–Crippen LogP) is 3.22. The molecule has 0 atom stereocenters. The van der Waals surface area contributed by atoms with Crippen LogP contribution in [0.4, 0.5) is 0 Å². The number of methoxy groups -OCH3 is 2. The fraction of sp³-hybridized carbons (Fsp3) is 0.400. The van der Waals surface area contributed by atoms with Gasteiger partial charge in [-0.15, -0.1) is 0 Å². The number of hydrogen-bond donors (Lipinski definition) is 0. The molecule has 0 heterocycles. The Kier molecular flexibility index (Phi) is 6.50. The number of allylic oxidation sites excluding steroid dienone is 1. The van der Waals surface area contributed by atoms with Gasteiger partial charge in [-0.05, 0) is 25.0 Å². The van der Waals surface area contributed by atoms with Crippen LogP contribution in [0.25, 0.3) is 0 Å². The van der Waals surface area contributed by atoms with Crippen LogP contribution in [-0.2, 0) is 4.74 Å². The van der Waals surface area contributed by atoms with Crippen molar-refractivity contribution in [3.8, 4) is 11.5 Å². The van der Waals surface area contributed by atoms with E-state index in [4.69, 9.17) is 14.2 Å². The number of hydrogen-bond acceptors (Lipinski definition) is 4. The Morgan fingerprint density at radius 2 is 1.74 bits per heavy atom. The fourth-order valence-corrected chi connectivity index (χ4v) is 1.51. The summed E-state index contributed by atoms with van der Waals surface area (Å²) in [5.41, 5.74) is 0.427. The molecule has 0 radical (unpaired) electrons. The van der Waals surface area contributed by atoms with Crippen LogP contribution in [-0.4, -0.2) is 26.8 Å². The van der Waals surface area contributed by atoms with E-state index in [9.17, 15) is 4.79 Å². The summed E-state index contributed by atoms with van der Waals surface area (Å²) in [4.78, 5) is 11.9. The number of carbonyl (C=O) groups excluding carboxylic acids is 1. The highest BCUT2D eigenvalue weighted by Crippen LogP contribution is 2.22. The summed E-state index contributed by atoms with van der Waals surface area (Å²) < 4.78 is 15.4. The molecule has 0 unspecified atom stereocenters. The summed E-state index contributed by atoms with van der Waals surface area (Å²) in [5, 5.41) is 0. The summed E-state index contributed by atoms with van der Waals surface area (Å²) >= 11 is 0. The van der Waals surface area contributed by atoms with Gasteiger partial charge in [-0.2, -0.15) is 0 Å². The highest BCUT2D eigenvalue weighted by Gasteiger charge is 2.10. The average Bonchev–Trinajstić information content (AvgIpc) is 2.46. The number of benzene rings is 1. The quantitative estimate of drug-likeness (QED) is 0.431. The molecule has 19 heavy (non-hydrogen) atoms. The van der Waals surface area contributed by atoms with Crippen molar-refractivity contribution in [2.45, 2.75) is 19.8 Å². The monoisotopic (exact) mass is 264 g/mol. The molecule has 0 bridgehead atoms. The van der Waals surface area contributed by atoms with Gasteiger partial charge in [0.05, 0.1) is 26.4 Å². The first-order valence-electron chi connectivity index (χ1n) is 6.26. The van der Waals surface area contributed by atoms with Crippen LogP contribution in [0, 0.1) is 0 Å². The van der Waals surface area contributed by atoms with Gasteiger partial charge in [0, 0.05) is 6.07 Å². The maximum atomic E-state index is 11.9. The minimum Gasteiger partial charge on any atom is -0.497 e. The number of esters is 1. The fourth-order valence-electron chi connectivity index (χ4n) is 1.51. The van der Waals surface area contributed by atoms with E-state index in [1.54, 1.807) is 32.4 Å². The zero-order valence-corrected chi connectivity index (χ0v) is 11.6. The van der Waals surface area contributed by atoms with Crippen molar-refractivity contribution >= 4 is 5.97 Å². The molecule has 0 amide bonds. The molecule has 0 aliphatic carbocycles. The minimum atomic E-state index is -0.373. The van der Waals surface area contributed by atoms with Gasteiger partial charge in [0.15, 0.2) is 0 Å². The van der Waals surface area contributed by atoms with Crippen molar-refractivity contribution in [2.24, 2.45) is 0 Å². The number of ether oxygens (including phenoxy) is 3. The van der Waals surface area contributed by atoms with Crippen molar-refractivity contribution < 1.29 is 19.0 Å². The third-order valence-electron chi connectivity index (χ3n) is 2.51. The molecule has 0 aromatic heterocycles. The molecule has 0 saturated heterocycles. The topological polar surface area (TPSA) is 44.8 Å². The largest absolute Gasteiger partial charge is 0.497 e. The van der Waals surface area contributed by atoms with E-state index in [1.165, 1.54) is 0 Å². The molecule has 0 N–H and O–H groups in total. The molecule has 0 fully saturated rings. The number of rotatable bonds is 7. The second-order valence-electron chi connectivity index (χ2n) is 3.91. The molecule has 0 aliphatic rings. The molecule has 4 heteroatoms. The van der Waals surface area contributed by atoms with Crippen LogP contribution >= 0.6 is 0 Å². The second kappa shape index (κ2) is 8.19. The van der Waals surface area contributed by atoms with Crippen molar-refractivity contribution in [2.75, 3.05) is 20.8 Å². The lowest BCUT2D eigenvalue weighted by Crippen LogP contribution is -2.06. The number of carbonyl (C=O) groups is 1. The molecule has 1 rings (SSSR count). The standard InChI is InChI=1S/C15H20O4/c1-4-5-6-7-8-19-15(16)12-9-13(17-2)11-14(10-12)18-3/h5-6,9-11H,4,7-8H2,1-3H3/b6-5+. The summed E-state index contributed by atoms with van der Waals surface area (Å²) in [5.74, 6) is 0.761. The van der Waals surface area contributed by atoms with Gasteiger partial charge >= 0.3 is 5.97 Å². The smallest absolute Gasteiger partial charge is 0.338 e. The molecule has 0 aliphatic heterocycles. The zero-order chi connectivity index (χ0) is 14.1. The van der Waals surface area contributed by atoms with Crippen LogP contribution in [0.15, 0.2) is 30.4 Å². The third kappa shape index (κ3) is 5.04. The molecule has 0 saturated carbocycles. The van der Waals surface area contributed by atoms with E-state index in [-0.39, 0.29) is 5.97 Å². The lowest BCUT2D eigenvalue weighted by molar-refractivity contribution is 0.0511. The molecular weight excluding hydrogens is 244 g/mol. The molecule has 1 aromatic rings. The Labute approximate surface area is 114 Å². The van der Waals surface area contributed by atoms with Crippen LogP contribution in [0.5, 0.6) is 11.5 Å². The van der Waals surface area contributed by atoms with E-state index in [0.29, 0.717) is 23.7 Å². The van der Waals surface area contributed by atoms with Gasteiger partial charge in [-0.1, -0.05) is 19.1 Å². The first-order valence-corrected chi connectivity index (χ1v) is 6.26. The second-order valence-corrected chi connectivity index (χ2v) is 3.91. The van der Waals surface area contributed by atoms with Crippen LogP contribution in [0.3, 0.4) is 0 Å². The maximum absolute atomic E-state index is 11.9. The normalized spacial score (nSPS) is 10.5. The van der Waals surface area contributed by atoms with Gasteiger partial charge < -0.3 is 14.2 Å². The van der Waals surface area contributed by atoms with Crippen molar-refractivity contribution in [1.29, 1.82) is 0 Å². The Morgan fingerprint density at radius 3 is 2.26 bits per heavy atom. The van der Waals surface area contributed by atoms with Crippen molar-refractivity contribution in [3.63, 3.8) is 0 Å². The summed E-state index contributed by atoms with van der Waals surface area (Å²) in [7, 11) is 3.08. The van der Waals surface area contributed by atoms with Crippen LogP contribution < -0.4 is 9.47 Å². The maximum Gasteiger partial charge on any atom is 0.338 e. The Morgan fingerprint density at radius 1 is 1.11 bits per heavy atom. The van der Waals surface area contributed by atoms with E-state index >= 15 is 0 Å². The SMILES string of the molecule is CC/C=C/CCOC(=O)c1cc(OC)cc(OC)c1. The highest BCUT2D eigenvalue weighted by molar-refractivity contribution is 5.90. The lowest BCUT2D eigenvalue weighted by atomic mass is 10.2. The van der Waals surface area contributed by atoms with Gasteiger partial charge in [0.2, 0.25) is 0 Å². The van der Waals surface area contributed by atoms with Gasteiger partial charge in [-0.25, -0.2) is 4.79 Å². The summed E-state index contributed by atoms with van der Waals surface area (Å²) in [6, 6.07) is 4.97. The Hall–Kier alpha value is -1.97. The molecule has 1 aromatic carbocycles. The predicted molar refractivity (Wildman–Crippen MR) is 73.9 cm³/mol. The minimum absolute atomic E-state index is 0.370. The van der Waals surface area contributed by atoms with Gasteiger partial charge in [-0.3, -0.25) is 0 Å². The van der Waals surface area contributed by atoms with E-state index in [2.05, 4.69) is 6.92 Å². The van der Waals surface area contributed by atoms with E-state index < -0.39 is 0 Å². The van der Waals surface area contributed by atoms with Gasteiger partial charge in [0.25, 0.3) is 0 Å². The van der Waals surface area contributed by atoms with Crippen molar-refractivity contribution in [1.82, 2.24) is 0 Å². The zero-order valence-electron chi connectivity index (χ0n) is 11.6. The van der Waals surface area contributed by atoms with Crippen molar-refractivity contribution in [3.05, 3.63) is 35.9 Å². The van der Waals surface area contributed by atoms with Crippen LogP contribution in [0.2, 0.25) is 0 Å². The van der Waals surface area contributed by atoms with E-state index in [1.807, 2.05) is 12.2 Å². The summed E-state index contributed by atoms with van der Waals surface area (Å²) in [6.45, 7) is 2.43. The molecule has 0 spiro atoms. The van der Waals surface area contributed by atoms with Crippen LogP contribution in [0.1, 0.15) is 30.1 Å². The summed E-state index contributed by atoms with van der Waals surface area (Å²) in [6.07, 6.45) is 5.75. The third-order valence-corrected chi connectivity index (χ3v) is 2.51. The van der Waals surface area contributed by atoms with E-state index in [0.717, 1.165) is 12.8 Å². The molecule has 4 nitrogen and oxygen atoms in total. The highest BCUT2D eigenvalue weighted by atomic mass is 16.5. The first-order chi connectivity index (χ1) is 9.21. The lowest BCUT2D eigenvalue weighted by Gasteiger charge is -2.08.